The van der Waals surface area contributed by atoms with E-state index in [1.54, 1.807) is 0 Å². The standard InChI is InChI=1S/C25H22N4O8S/c1-2-11-10-38-24-19(23(34)29(24)20(11)25(35)36)28-17(32)7-8-26-22(33)18-15(31)6-5-14-21(18)37-16-9-12(30)3-4-13(16)27-14/h3-6,9,19,24,31H,2,7-8,10H2,1H3,(H,26,33)(H,28,32)(H,35,36). The second-order valence-corrected chi connectivity index (χ2v) is 9.83. The van der Waals surface area contributed by atoms with E-state index in [9.17, 15) is 34.2 Å². The number of aromatic nitrogens is 1. The third-order valence-corrected chi connectivity index (χ3v) is 7.70. The van der Waals surface area contributed by atoms with Crippen LogP contribution in [0.2, 0.25) is 0 Å². The minimum absolute atomic E-state index is 0.0201. The van der Waals surface area contributed by atoms with Crippen LogP contribution in [-0.4, -0.2) is 67.5 Å². The van der Waals surface area contributed by atoms with E-state index in [2.05, 4.69) is 15.6 Å². The number of aliphatic carboxylic acids is 1. The Morgan fingerprint density at radius 1 is 1.21 bits per heavy atom. The third-order valence-electron chi connectivity index (χ3n) is 6.36. The normalized spacial score (nSPS) is 18.8. The number of β-lactam (4-membered cyclic amide) rings is 1. The predicted octanol–water partition coefficient (Wildman–Crippen LogP) is 1.27. The van der Waals surface area contributed by atoms with E-state index in [0.717, 1.165) is 0 Å². The number of benzene rings is 2. The van der Waals surface area contributed by atoms with E-state index in [-0.39, 0.29) is 52.3 Å². The molecule has 0 bridgehead atoms. The molecule has 1 aliphatic carbocycles. The number of thioether (sulfide) groups is 1. The fourth-order valence-electron chi connectivity index (χ4n) is 4.46. The molecule has 2 unspecified atom stereocenters. The van der Waals surface area contributed by atoms with Gasteiger partial charge in [-0.3, -0.25) is 24.1 Å². The number of fused-ring (bicyclic) bond motifs is 3. The zero-order chi connectivity index (χ0) is 27.1. The Bertz CT molecular complexity index is 1560. The molecule has 38 heavy (non-hydrogen) atoms. The zero-order valence-corrected chi connectivity index (χ0v) is 20.8. The maximum absolute atomic E-state index is 12.9. The molecule has 0 spiro atoms. The van der Waals surface area contributed by atoms with Crippen LogP contribution in [-0.2, 0) is 14.4 Å². The van der Waals surface area contributed by atoms with Crippen LogP contribution in [0.5, 0.6) is 5.75 Å². The molecule has 1 aromatic carbocycles. The number of carboxylic acid groups (broad SMARTS) is 1. The lowest BCUT2D eigenvalue weighted by molar-refractivity contribution is -0.150. The van der Waals surface area contributed by atoms with E-state index >= 15 is 0 Å². The molecule has 5 rings (SSSR count). The van der Waals surface area contributed by atoms with Crippen molar-refractivity contribution in [2.24, 2.45) is 0 Å². The first kappa shape index (κ1) is 25.3. The summed E-state index contributed by atoms with van der Waals surface area (Å²) in [5.41, 5.74) is 0.817. The average molecular weight is 539 g/mol. The van der Waals surface area contributed by atoms with Gasteiger partial charge in [-0.25, -0.2) is 9.78 Å². The Kier molecular flexibility index (Phi) is 6.53. The van der Waals surface area contributed by atoms with Crippen molar-refractivity contribution >= 4 is 46.6 Å². The van der Waals surface area contributed by atoms with E-state index in [1.807, 2.05) is 6.92 Å². The maximum atomic E-state index is 12.9. The van der Waals surface area contributed by atoms with Gasteiger partial charge in [0.15, 0.2) is 16.8 Å². The predicted molar refractivity (Wildman–Crippen MR) is 135 cm³/mol. The Hall–Kier alpha value is -4.39. The Morgan fingerprint density at radius 2 is 2.00 bits per heavy atom. The second kappa shape index (κ2) is 9.82. The number of carbonyl (C=O) groups is 4. The van der Waals surface area contributed by atoms with Crippen LogP contribution in [0.15, 0.2) is 50.8 Å². The van der Waals surface area contributed by atoms with E-state index < -0.39 is 35.1 Å². The van der Waals surface area contributed by atoms with Gasteiger partial charge in [-0.2, -0.15) is 0 Å². The van der Waals surface area contributed by atoms with Gasteiger partial charge in [-0.1, -0.05) is 6.92 Å². The lowest BCUT2D eigenvalue weighted by Crippen LogP contribution is -2.70. The van der Waals surface area contributed by atoms with Crippen LogP contribution in [0.4, 0.5) is 0 Å². The van der Waals surface area contributed by atoms with Crippen molar-refractivity contribution < 1.29 is 33.8 Å². The SMILES string of the molecule is CCC1=C(C(=O)O)N2C(=O)C(NC(=O)CCNC(=O)c3c(O)ccc4nc5ccc(=O)cc-5oc34)C2SC1. The number of hydrogen-bond acceptors (Lipinski definition) is 9. The van der Waals surface area contributed by atoms with Gasteiger partial charge in [-0.15, -0.1) is 11.8 Å². The molecule has 3 aliphatic heterocycles. The van der Waals surface area contributed by atoms with Crippen LogP contribution in [0.3, 0.4) is 0 Å². The monoisotopic (exact) mass is 538 g/mol. The first-order chi connectivity index (χ1) is 18.2. The van der Waals surface area contributed by atoms with Crippen molar-refractivity contribution in [3.8, 4) is 17.2 Å². The molecule has 196 valence electrons. The van der Waals surface area contributed by atoms with Crippen molar-refractivity contribution in [3.05, 3.63) is 57.4 Å². The topological polar surface area (TPSA) is 179 Å². The van der Waals surface area contributed by atoms with Crippen molar-refractivity contribution in [1.29, 1.82) is 0 Å². The number of aromatic hydroxyl groups is 1. The Balaban J connectivity index is 1.24. The van der Waals surface area contributed by atoms with Crippen LogP contribution in [0, 0.1) is 0 Å². The molecule has 4 aliphatic rings. The number of phenols is 1. The molecular formula is C25H22N4O8S. The van der Waals surface area contributed by atoms with Gasteiger partial charge in [0.25, 0.3) is 11.8 Å². The number of rotatable bonds is 7. The Morgan fingerprint density at radius 3 is 2.74 bits per heavy atom. The molecule has 13 heteroatoms. The number of carboxylic acids is 1. The van der Waals surface area contributed by atoms with E-state index in [1.165, 1.54) is 47.0 Å². The quantitative estimate of drug-likeness (QED) is 0.253. The number of amides is 3. The van der Waals surface area contributed by atoms with E-state index in [4.69, 9.17) is 4.42 Å². The summed E-state index contributed by atoms with van der Waals surface area (Å²) in [6.45, 7) is 1.71. The second-order valence-electron chi connectivity index (χ2n) is 8.72. The number of nitrogens with one attached hydrogen (secondary N) is 2. The molecule has 2 atom stereocenters. The lowest BCUT2D eigenvalue weighted by atomic mass is 10.0. The van der Waals surface area contributed by atoms with Crippen molar-refractivity contribution in [2.75, 3.05) is 12.3 Å². The number of nitrogens with zero attached hydrogens (tertiary/aromatic N) is 2. The van der Waals surface area contributed by atoms with Crippen LogP contribution in [0.1, 0.15) is 30.1 Å². The van der Waals surface area contributed by atoms with Crippen molar-refractivity contribution in [2.45, 2.75) is 31.2 Å². The summed E-state index contributed by atoms with van der Waals surface area (Å²) in [4.78, 5) is 66.9. The average Bonchev–Trinajstić information content (AvgIpc) is 2.89. The van der Waals surface area contributed by atoms with Gasteiger partial charge in [0.05, 0.1) is 0 Å². The smallest absolute Gasteiger partial charge is 0.352 e. The largest absolute Gasteiger partial charge is 0.507 e. The van der Waals surface area contributed by atoms with Gasteiger partial charge in [-0.05, 0) is 36.3 Å². The molecule has 3 heterocycles. The Labute approximate surface area is 219 Å². The summed E-state index contributed by atoms with van der Waals surface area (Å²) in [6.07, 6.45) is 0.339. The first-order valence-electron chi connectivity index (χ1n) is 11.7. The molecule has 0 aromatic heterocycles. The highest BCUT2D eigenvalue weighted by Crippen LogP contribution is 2.41. The third kappa shape index (κ3) is 4.34. The van der Waals surface area contributed by atoms with Crippen LogP contribution in [0.25, 0.3) is 22.6 Å². The molecule has 1 saturated heterocycles. The minimum Gasteiger partial charge on any atom is -0.507 e. The van der Waals surface area contributed by atoms with Gasteiger partial charge in [0.1, 0.15) is 39.6 Å². The summed E-state index contributed by atoms with van der Waals surface area (Å²) in [5, 5.41) is 24.5. The highest BCUT2D eigenvalue weighted by Gasteiger charge is 2.53. The molecule has 1 fully saturated rings. The summed E-state index contributed by atoms with van der Waals surface area (Å²) in [5.74, 6) is -2.66. The molecule has 0 radical (unpaired) electrons. The molecule has 4 N–H and O–H groups in total. The summed E-state index contributed by atoms with van der Waals surface area (Å²) in [6, 6.07) is 5.96. The highest BCUT2D eigenvalue weighted by atomic mass is 32.2. The van der Waals surface area contributed by atoms with Crippen LogP contribution < -0.4 is 16.1 Å². The van der Waals surface area contributed by atoms with Gasteiger partial charge >= 0.3 is 5.97 Å². The summed E-state index contributed by atoms with van der Waals surface area (Å²) in [7, 11) is 0. The molecule has 12 nitrogen and oxygen atoms in total. The van der Waals surface area contributed by atoms with E-state index in [0.29, 0.717) is 23.4 Å². The molecule has 0 saturated carbocycles. The first-order valence-corrected chi connectivity index (χ1v) is 12.8. The molecular weight excluding hydrogens is 516 g/mol. The fourth-order valence-corrected chi connectivity index (χ4v) is 5.91. The fraction of sp³-hybridized carbons (Fsp3) is 0.280. The zero-order valence-electron chi connectivity index (χ0n) is 20.0. The van der Waals surface area contributed by atoms with Crippen LogP contribution >= 0.6 is 11.8 Å². The highest BCUT2D eigenvalue weighted by molar-refractivity contribution is 8.00. The number of hydrogen-bond donors (Lipinski definition) is 4. The summed E-state index contributed by atoms with van der Waals surface area (Å²) >= 11 is 1.39. The van der Waals surface area contributed by atoms with Crippen molar-refractivity contribution in [3.63, 3.8) is 0 Å². The number of phenolic OH excluding ortho intramolecular Hbond substituents is 1. The molecule has 3 amide bonds. The minimum atomic E-state index is -1.17. The maximum Gasteiger partial charge on any atom is 0.352 e. The lowest BCUT2D eigenvalue weighted by Gasteiger charge is -2.49. The van der Waals surface area contributed by atoms with Gasteiger partial charge in [0.2, 0.25) is 5.91 Å². The van der Waals surface area contributed by atoms with Gasteiger partial charge in [0, 0.05) is 24.8 Å². The molecule has 1 aromatic rings. The number of carbonyl (C=O) groups excluding carboxylic acids is 3. The van der Waals surface area contributed by atoms with Gasteiger partial charge < -0.3 is 25.3 Å². The van der Waals surface area contributed by atoms with Crippen molar-refractivity contribution in [1.82, 2.24) is 20.5 Å². The summed E-state index contributed by atoms with van der Waals surface area (Å²) < 4.78 is 5.71.